The summed E-state index contributed by atoms with van der Waals surface area (Å²) in [4.78, 5) is 29.8. The molecule has 2 aliphatic rings. The number of nitrogens with one attached hydrogen (secondary N) is 1. The van der Waals surface area contributed by atoms with Crippen molar-refractivity contribution in [3.63, 3.8) is 0 Å². The molecular formula is C16H21IN4O2. The summed E-state index contributed by atoms with van der Waals surface area (Å²) in [5.41, 5.74) is 6.77. The molecule has 1 aliphatic carbocycles. The first-order chi connectivity index (χ1) is 10.7. The molecular weight excluding hydrogens is 407 g/mol. The van der Waals surface area contributed by atoms with E-state index in [0.29, 0.717) is 29.7 Å². The number of imide groups is 1. The Morgan fingerprint density at radius 3 is 2.30 bits per heavy atom. The zero-order chi connectivity index (χ0) is 15.5. The van der Waals surface area contributed by atoms with Crippen LogP contribution >= 0.6 is 24.0 Å². The highest BCUT2D eigenvalue weighted by Crippen LogP contribution is 2.22. The minimum atomic E-state index is -0.252. The Morgan fingerprint density at radius 1 is 1.17 bits per heavy atom. The summed E-state index contributed by atoms with van der Waals surface area (Å²) < 4.78 is 0. The molecule has 0 bridgehead atoms. The fourth-order valence-electron chi connectivity index (χ4n) is 3.04. The van der Waals surface area contributed by atoms with Gasteiger partial charge in [-0.2, -0.15) is 0 Å². The SMILES string of the molecule is I.NC(=NCCN1C(=O)c2ccccc2C1=O)NC1CCCC1. The highest BCUT2D eigenvalue weighted by Gasteiger charge is 2.34. The fourth-order valence-corrected chi connectivity index (χ4v) is 3.04. The van der Waals surface area contributed by atoms with Crippen LogP contribution in [0.5, 0.6) is 0 Å². The second-order valence-corrected chi connectivity index (χ2v) is 5.70. The predicted molar refractivity (Wildman–Crippen MR) is 99.1 cm³/mol. The number of benzene rings is 1. The van der Waals surface area contributed by atoms with Gasteiger partial charge in [0, 0.05) is 12.6 Å². The number of amides is 2. The van der Waals surface area contributed by atoms with E-state index in [1.807, 2.05) is 0 Å². The van der Waals surface area contributed by atoms with E-state index in [0.717, 1.165) is 12.8 Å². The van der Waals surface area contributed by atoms with Gasteiger partial charge in [0.15, 0.2) is 5.96 Å². The van der Waals surface area contributed by atoms with Crippen LogP contribution < -0.4 is 11.1 Å². The van der Waals surface area contributed by atoms with Crippen molar-refractivity contribution in [2.24, 2.45) is 10.7 Å². The first-order valence-electron chi connectivity index (χ1n) is 7.68. The summed E-state index contributed by atoms with van der Waals surface area (Å²) in [5, 5.41) is 3.18. The van der Waals surface area contributed by atoms with Crippen molar-refractivity contribution in [3.05, 3.63) is 35.4 Å². The van der Waals surface area contributed by atoms with E-state index in [1.165, 1.54) is 17.7 Å². The van der Waals surface area contributed by atoms with Crippen molar-refractivity contribution < 1.29 is 9.59 Å². The lowest BCUT2D eigenvalue weighted by atomic mass is 10.1. The van der Waals surface area contributed by atoms with Gasteiger partial charge < -0.3 is 11.1 Å². The molecule has 124 valence electrons. The van der Waals surface area contributed by atoms with Crippen LogP contribution in [0.1, 0.15) is 46.4 Å². The number of halogens is 1. The van der Waals surface area contributed by atoms with Crippen molar-refractivity contribution in [2.45, 2.75) is 31.7 Å². The topological polar surface area (TPSA) is 87.8 Å². The average molecular weight is 428 g/mol. The molecule has 3 rings (SSSR count). The van der Waals surface area contributed by atoms with Crippen LogP contribution in [0.2, 0.25) is 0 Å². The highest BCUT2D eigenvalue weighted by atomic mass is 127. The second kappa shape index (κ2) is 7.76. The standard InChI is InChI=1S/C16H20N4O2.HI/c17-16(19-11-5-1-2-6-11)18-9-10-20-14(21)12-7-3-4-8-13(12)15(20)22;/h3-4,7-8,11H,1-2,5-6,9-10H2,(H3,17,18,19);1H. The monoisotopic (exact) mass is 428 g/mol. The van der Waals surface area contributed by atoms with Crippen LogP contribution in [0.25, 0.3) is 0 Å². The molecule has 1 saturated carbocycles. The van der Waals surface area contributed by atoms with E-state index in [1.54, 1.807) is 24.3 Å². The molecule has 0 saturated heterocycles. The third kappa shape index (κ3) is 3.82. The number of nitrogens with zero attached hydrogens (tertiary/aromatic N) is 2. The molecule has 7 heteroatoms. The number of carbonyl (C=O) groups excluding carboxylic acids is 2. The molecule has 0 radical (unpaired) electrons. The van der Waals surface area contributed by atoms with Crippen LogP contribution in [0.4, 0.5) is 0 Å². The summed E-state index contributed by atoms with van der Waals surface area (Å²) in [6, 6.07) is 7.27. The molecule has 23 heavy (non-hydrogen) atoms. The maximum atomic E-state index is 12.2. The molecule has 0 aromatic heterocycles. The Morgan fingerprint density at radius 2 is 1.74 bits per heavy atom. The highest BCUT2D eigenvalue weighted by molar-refractivity contribution is 14.0. The largest absolute Gasteiger partial charge is 0.370 e. The lowest BCUT2D eigenvalue weighted by Crippen LogP contribution is -2.39. The van der Waals surface area contributed by atoms with Crippen molar-refractivity contribution in [2.75, 3.05) is 13.1 Å². The van der Waals surface area contributed by atoms with Crippen molar-refractivity contribution in [3.8, 4) is 0 Å². The van der Waals surface area contributed by atoms with Crippen LogP contribution in [0.3, 0.4) is 0 Å². The molecule has 2 amide bonds. The predicted octanol–water partition coefficient (Wildman–Crippen LogP) is 1.75. The van der Waals surface area contributed by atoms with Gasteiger partial charge in [0.2, 0.25) is 0 Å². The molecule has 1 aliphatic heterocycles. The normalized spacial score (nSPS) is 18.1. The van der Waals surface area contributed by atoms with E-state index in [-0.39, 0.29) is 42.3 Å². The molecule has 0 unspecified atom stereocenters. The first kappa shape index (κ1) is 17.7. The van der Waals surface area contributed by atoms with Gasteiger partial charge in [0.05, 0.1) is 17.7 Å². The first-order valence-corrected chi connectivity index (χ1v) is 7.68. The van der Waals surface area contributed by atoms with Crippen molar-refractivity contribution in [1.82, 2.24) is 10.2 Å². The van der Waals surface area contributed by atoms with Gasteiger partial charge in [-0.1, -0.05) is 25.0 Å². The number of guanidine groups is 1. The number of rotatable bonds is 4. The summed E-state index contributed by atoms with van der Waals surface area (Å²) in [5.74, 6) is -0.111. The lowest BCUT2D eigenvalue weighted by Gasteiger charge is -2.14. The minimum Gasteiger partial charge on any atom is -0.370 e. The molecule has 0 atom stereocenters. The van der Waals surface area contributed by atoms with Crippen LogP contribution in [-0.4, -0.2) is 41.8 Å². The number of hydrogen-bond acceptors (Lipinski definition) is 3. The van der Waals surface area contributed by atoms with Gasteiger partial charge in [-0.3, -0.25) is 19.5 Å². The van der Waals surface area contributed by atoms with Crippen molar-refractivity contribution >= 4 is 41.8 Å². The van der Waals surface area contributed by atoms with Gasteiger partial charge >= 0.3 is 0 Å². The summed E-state index contributed by atoms with van der Waals surface area (Å²) in [6.07, 6.45) is 4.68. The van der Waals surface area contributed by atoms with Gasteiger partial charge in [-0.05, 0) is 25.0 Å². The Labute approximate surface area is 152 Å². The van der Waals surface area contributed by atoms with Crippen molar-refractivity contribution in [1.29, 1.82) is 0 Å². The smallest absolute Gasteiger partial charge is 0.261 e. The summed E-state index contributed by atoms with van der Waals surface area (Å²) in [6.45, 7) is 0.566. The maximum Gasteiger partial charge on any atom is 0.261 e. The minimum absolute atomic E-state index is 0. The Bertz CT molecular complexity index is 591. The van der Waals surface area contributed by atoms with E-state index in [9.17, 15) is 9.59 Å². The third-order valence-corrected chi connectivity index (χ3v) is 4.19. The van der Waals surface area contributed by atoms with Gasteiger partial charge in [-0.15, -0.1) is 24.0 Å². The van der Waals surface area contributed by atoms with E-state index in [2.05, 4.69) is 10.3 Å². The molecule has 1 aromatic rings. The van der Waals surface area contributed by atoms with Crippen LogP contribution in [0.15, 0.2) is 29.3 Å². The maximum absolute atomic E-state index is 12.2. The van der Waals surface area contributed by atoms with Gasteiger partial charge in [0.25, 0.3) is 11.8 Å². The van der Waals surface area contributed by atoms with Crippen LogP contribution in [0, 0.1) is 0 Å². The molecule has 3 N–H and O–H groups in total. The zero-order valence-electron chi connectivity index (χ0n) is 12.8. The quantitative estimate of drug-likeness (QED) is 0.331. The number of fused-ring (bicyclic) bond motifs is 1. The molecule has 1 fully saturated rings. The Hall–Kier alpha value is -1.64. The van der Waals surface area contributed by atoms with Gasteiger partial charge in [-0.25, -0.2) is 0 Å². The van der Waals surface area contributed by atoms with E-state index in [4.69, 9.17) is 5.73 Å². The fraction of sp³-hybridized carbons (Fsp3) is 0.438. The molecule has 6 nitrogen and oxygen atoms in total. The molecule has 0 spiro atoms. The number of hydrogen-bond donors (Lipinski definition) is 2. The zero-order valence-corrected chi connectivity index (χ0v) is 15.2. The number of aliphatic imine (C=N–C) groups is 1. The number of carbonyl (C=O) groups is 2. The Kier molecular flexibility index (Phi) is 5.97. The Balaban J connectivity index is 0.00000192. The summed E-state index contributed by atoms with van der Waals surface area (Å²) in [7, 11) is 0. The molecule has 1 heterocycles. The lowest BCUT2D eigenvalue weighted by molar-refractivity contribution is 0.0659. The average Bonchev–Trinajstić information content (AvgIpc) is 3.10. The third-order valence-electron chi connectivity index (χ3n) is 4.19. The van der Waals surface area contributed by atoms with Gasteiger partial charge in [0.1, 0.15) is 0 Å². The van der Waals surface area contributed by atoms with Crippen LogP contribution in [-0.2, 0) is 0 Å². The molecule has 1 aromatic carbocycles. The van der Waals surface area contributed by atoms with E-state index < -0.39 is 0 Å². The summed E-state index contributed by atoms with van der Waals surface area (Å²) >= 11 is 0. The van der Waals surface area contributed by atoms with E-state index >= 15 is 0 Å². The number of nitrogens with two attached hydrogens (primary N) is 1. The second-order valence-electron chi connectivity index (χ2n) is 5.70.